The number of carboxylic acids is 1. The summed E-state index contributed by atoms with van der Waals surface area (Å²) in [6, 6.07) is -0.564. The molecule has 2 heterocycles. The van der Waals surface area contributed by atoms with Crippen LogP contribution in [0.25, 0.3) is 0 Å². The van der Waals surface area contributed by atoms with Crippen LogP contribution in [-0.4, -0.2) is 44.8 Å². The molecule has 0 saturated carbocycles. The molecule has 0 aliphatic carbocycles. The van der Waals surface area contributed by atoms with Crippen LogP contribution >= 0.6 is 24.4 Å². The lowest BCUT2D eigenvalue weighted by Crippen LogP contribution is -2.68. The molecule has 5 nitrogen and oxygen atoms in total. The summed E-state index contributed by atoms with van der Waals surface area (Å²) in [5.41, 5.74) is 6.32. The Bertz CT molecular complexity index is 369. The van der Waals surface area contributed by atoms with Crippen molar-refractivity contribution < 1.29 is 14.7 Å². The average Bonchev–Trinajstić information content (AvgIpc) is 2.25. The third-order valence-corrected chi connectivity index (χ3v) is 4.22. The Balaban J connectivity index is 2.38. The third-order valence-electron chi connectivity index (χ3n) is 2.48. The number of nitrogens with two attached hydrogens (primary N) is 1. The molecule has 1 amide bonds. The molecule has 0 radical (unpaired) electrons. The van der Waals surface area contributed by atoms with E-state index >= 15 is 0 Å². The zero-order chi connectivity index (χ0) is 11.2. The second kappa shape index (κ2) is 3.73. The molecule has 7 heteroatoms. The highest BCUT2D eigenvalue weighted by atomic mass is 32.2. The fraction of sp³-hybridized carbons (Fsp3) is 0.500. The lowest BCUT2D eigenvalue weighted by atomic mass is 10.0. The highest BCUT2D eigenvalue weighted by Crippen LogP contribution is 2.39. The van der Waals surface area contributed by atoms with Crippen molar-refractivity contribution in [3.05, 3.63) is 11.3 Å². The second-order valence-electron chi connectivity index (χ2n) is 3.35. The summed E-state index contributed by atoms with van der Waals surface area (Å²) in [4.78, 5) is 23.7. The van der Waals surface area contributed by atoms with Gasteiger partial charge in [-0.1, -0.05) is 0 Å². The van der Waals surface area contributed by atoms with Crippen LogP contribution in [0.4, 0.5) is 0 Å². The summed E-state index contributed by atoms with van der Waals surface area (Å²) in [5.74, 6) is -0.471. The van der Waals surface area contributed by atoms with Gasteiger partial charge in [0.05, 0.1) is 0 Å². The Morgan fingerprint density at radius 3 is 2.93 bits per heavy atom. The topological polar surface area (TPSA) is 83.6 Å². The Labute approximate surface area is 96.1 Å². The summed E-state index contributed by atoms with van der Waals surface area (Å²) in [6.45, 7) is 0. The molecule has 1 saturated heterocycles. The number of thiol groups is 1. The quantitative estimate of drug-likeness (QED) is 0.452. The molecule has 2 aliphatic heterocycles. The first-order valence-corrected chi connectivity index (χ1v) is 6.02. The maximum Gasteiger partial charge on any atom is 0.352 e. The molecule has 0 aromatic rings. The van der Waals surface area contributed by atoms with Crippen molar-refractivity contribution in [2.75, 3.05) is 11.5 Å². The van der Waals surface area contributed by atoms with Gasteiger partial charge in [0.1, 0.15) is 17.1 Å². The summed E-state index contributed by atoms with van der Waals surface area (Å²) in [6.07, 6.45) is 0. The van der Waals surface area contributed by atoms with Crippen molar-refractivity contribution in [1.82, 2.24) is 4.90 Å². The van der Waals surface area contributed by atoms with Crippen molar-refractivity contribution in [2.45, 2.75) is 11.4 Å². The predicted octanol–water partition coefficient (Wildman–Crippen LogP) is -0.503. The highest BCUT2D eigenvalue weighted by Gasteiger charge is 2.51. The van der Waals surface area contributed by atoms with E-state index in [4.69, 9.17) is 10.8 Å². The standard InChI is InChI=1S/C8H10N2O3S2/c9-4-6(11)10-5(8(12)13)3(1-14)2-15-7(4)10/h4,7,14H,1-2,9H2,(H,12,13)/t4?,7-/m1/s1. The molecule has 2 aliphatic rings. The molecule has 0 spiro atoms. The summed E-state index contributed by atoms with van der Waals surface area (Å²) in [5, 5.41) is 8.81. The first-order valence-electron chi connectivity index (χ1n) is 4.34. The minimum Gasteiger partial charge on any atom is -0.477 e. The van der Waals surface area contributed by atoms with Gasteiger partial charge in [-0.15, -0.1) is 11.8 Å². The molecule has 2 atom stereocenters. The number of aliphatic carboxylic acids is 1. The fourth-order valence-corrected chi connectivity index (χ4v) is 3.41. The normalized spacial score (nSPS) is 30.0. The van der Waals surface area contributed by atoms with Crippen LogP contribution in [0.5, 0.6) is 0 Å². The molecular formula is C8H10N2O3S2. The lowest BCUT2D eigenvalue weighted by Gasteiger charge is -2.47. The van der Waals surface area contributed by atoms with Crippen LogP contribution in [0.15, 0.2) is 11.3 Å². The number of fused-ring (bicyclic) bond motifs is 1. The molecule has 0 bridgehead atoms. The van der Waals surface area contributed by atoms with Crippen molar-refractivity contribution in [3.63, 3.8) is 0 Å². The minimum absolute atomic E-state index is 0.0699. The smallest absolute Gasteiger partial charge is 0.352 e. The van der Waals surface area contributed by atoms with Crippen LogP contribution in [0, 0.1) is 0 Å². The molecule has 1 unspecified atom stereocenters. The number of rotatable bonds is 2. The first-order chi connectivity index (χ1) is 7.07. The Morgan fingerprint density at radius 2 is 2.40 bits per heavy atom. The molecule has 15 heavy (non-hydrogen) atoms. The van der Waals surface area contributed by atoms with E-state index in [2.05, 4.69) is 12.6 Å². The molecule has 82 valence electrons. The van der Waals surface area contributed by atoms with Crippen LogP contribution in [-0.2, 0) is 9.59 Å². The molecule has 0 aromatic carbocycles. The van der Waals surface area contributed by atoms with Gasteiger partial charge < -0.3 is 10.8 Å². The van der Waals surface area contributed by atoms with Crippen molar-refractivity contribution in [2.24, 2.45) is 5.73 Å². The van der Waals surface area contributed by atoms with E-state index in [0.717, 1.165) is 0 Å². The van der Waals surface area contributed by atoms with E-state index in [1.165, 1.54) is 16.7 Å². The van der Waals surface area contributed by atoms with Gasteiger partial charge >= 0.3 is 5.97 Å². The molecular weight excluding hydrogens is 236 g/mol. The van der Waals surface area contributed by atoms with Crippen molar-refractivity contribution in [1.29, 1.82) is 0 Å². The minimum atomic E-state index is -1.08. The zero-order valence-corrected chi connectivity index (χ0v) is 9.42. The van der Waals surface area contributed by atoms with Gasteiger partial charge in [0.25, 0.3) is 0 Å². The van der Waals surface area contributed by atoms with Crippen LogP contribution in [0.2, 0.25) is 0 Å². The predicted molar refractivity (Wildman–Crippen MR) is 59.6 cm³/mol. The number of carbonyl (C=O) groups excluding carboxylic acids is 1. The third kappa shape index (κ3) is 1.45. The summed E-state index contributed by atoms with van der Waals surface area (Å²) in [7, 11) is 0. The van der Waals surface area contributed by atoms with Gasteiger partial charge in [0.15, 0.2) is 0 Å². The number of hydrogen-bond donors (Lipinski definition) is 3. The highest BCUT2D eigenvalue weighted by molar-refractivity contribution is 8.00. The van der Waals surface area contributed by atoms with Crippen LogP contribution in [0.3, 0.4) is 0 Å². The molecule has 2 rings (SSSR count). The number of thioether (sulfide) groups is 1. The van der Waals surface area contributed by atoms with Crippen molar-refractivity contribution >= 4 is 36.3 Å². The molecule has 0 aromatic heterocycles. The number of nitrogens with zero attached hydrogens (tertiary/aromatic N) is 1. The lowest BCUT2D eigenvalue weighted by molar-refractivity contribution is -0.147. The Kier molecular flexibility index (Phi) is 2.70. The molecule has 1 fully saturated rings. The van der Waals surface area contributed by atoms with Gasteiger partial charge in [-0.2, -0.15) is 12.6 Å². The molecule has 3 N–H and O–H groups in total. The number of β-lactam (4-membered cyclic amide) rings is 1. The van der Waals surface area contributed by atoms with Gasteiger partial charge in [0.2, 0.25) is 5.91 Å². The van der Waals surface area contributed by atoms with Crippen molar-refractivity contribution in [3.8, 4) is 0 Å². The van der Waals surface area contributed by atoms with Gasteiger partial charge in [-0.3, -0.25) is 9.69 Å². The zero-order valence-electron chi connectivity index (χ0n) is 7.71. The largest absolute Gasteiger partial charge is 0.477 e. The monoisotopic (exact) mass is 246 g/mol. The number of hydrogen-bond acceptors (Lipinski definition) is 5. The number of carbonyl (C=O) groups is 2. The van der Waals surface area contributed by atoms with Gasteiger partial charge in [-0.05, 0) is 5.57 Å². The second-order valence-corrected chi connectivity index (χ2v) is 4.77. The summed E-state index contributed by atoms with van der Waals surface area (Å²) < 4.78 is 0. The van der Waals surface area contributed by atoms with Gasteiger partial charge in [-0.25, -0.2) is 4.79 Å². The first kappa shape index (κ1) is 10.8. The van der Waals surface area contributed by atoms with E-state index in [0.29, 0.717) is 17.1 Å². The van der Waals surface area contributed by atoms with Gasteiger partial charge in [0, 0.05) is 11.5 Å². The number of carboxylic acid groups (broad SMARTS) is 1. The van der Waals surface area contributed by atoms with E-state index in [1.54, 1.807) is 0 Å². The summed E-state index contributed by atoms with van der Waals surface area (Å²) >= 11 is 5.55. The van der Waals surface area contributed by atoms with Crippen LogP contribution in [0.1, 0.15) is 0 Å². The fourth-order valence-electron chi connectivity index (χ4n) is 1.70. The maximum atomic E-state index is 11.4. The number of amides is 1. The Morgan fingerprint density at radius 1 is 1.73 bits per heavy atom. The van der Waals surface area contributed by atoms with E-state index in [1.807, 2.05) is 0 Å². The Hall–Kier alpha value is -0.660. The van der Waals surface area contributed by atoms with E-state index in [9.17, 15) is 9.59 Å². The SMILES string of the molecule is NC1C(=O)N2C(C(=O)O)=C(CS)CS[C@H]12. The van der Waals surface area contributed by atoms with E-state index < -0.39 is 12.0 Å². The maximum absolute atomic E-state index is 11.4. The van der Waals surface area contributed by atoms with Crippen LogP contribution < -0.4 is 5.73 Å². The van der Waals surface area contributed by atoms with E-state index in [-0.39, 0.29) is 17.0 Å². The average molecular weight is 246 g/mol.